The molecule has 0 bridgehead atoms. The van der Waals surface area contributed by atoms with E-state index in [1.807, 2.05) is 34.6 Å². The number of amides is 2. The second-order valence-corrected chi connectivity index (χ2v) is 7.91. The van der Waals surface area contributed by atoms with Crippen molar-refractivity contribution in [3.8, 4) is 0 Å². The number of carbonyl (C=O) groups excluding carboxylic acids is 2. The van der Waals surface area contributed by atoms with Crippen LogP contribution in [0.2, 0.25) is 0 Å². The molecule has 1 N–H and O–H groups in total. The zero-order chi connectivity index (χ0) is 18.4. The molecule has 8 heteroatoms. The molecule has 25 heavy (non-hydrogen) atoms. The third kappa shape index (κ3) is 3.34. The Hall–Kier alpha value is -2.48. The first-order valence-electron chi connectivity index (χ1n) is 8.16. The molecule has 1 aliphatic heterocycles. The molecule has 1 aromatic carbocycles. The number of aromatic nitrogens is 3. The summed E-state index contributed by atoms with van der Waals surface area (Å²) in [5.41, 5.74) is 0.733. The maximum absolute atomic E-state index is 12.9. The van der Waals surface area contributed by atoms with Gasteiger partial charge in [-0.2, -0.15) is 4.68 Å². The lowest BCUT2D eigenvalue weighted by molar-refractivity contribution is 0.0919. The van der Waals surface area contributed by atoms with Gasteiger partial charge < -0.3 is 10.1 Å². The molecule has 1 aliphatic rings. The number of carbonyl (C=O) groups is 2. The molecule has 1 aromatic heterocycles. The van der Waals surface area contributed by atoms with Gasteiger partial charge in [0.1, 0.15) is 17.8 Å². The molecule has 1 saturated heterocycles. The smallest absolute Gasteiger partial charge is 0.349 e. The summed E-state index contributed by atoms with van der Waals surface area (Å²) in [6, 6.07) is 4.68. The van der Waals surface area contributed by atoms with E-state index in [4.69, 9.17) is 4.74 Å². The van der Waals surface area contributed by atoms with Gasteiger partial charge in [-0.15, -0.1) is 5.10 Å². The Morgan fingerprint density at radius 1 is 1.28 bits per heavy atom. The molecular weight excluding hydrogens is 322 g/mol. The molecule has 0 radical (unpaired) electrons. The lowest BCUT2D eigenvalue weighted by atomic mass is 10.1. The molecule has 2 heterocycles. The number of hydrogen-bond donors (Lipinski definition) is 1. The number of nitrogens with zero attached hydrogens (tertiary/aromatic N) is 4. The van der Waals surface area contributed by atoms with E-state index in [2.05, 4.69) is 15.6 Å². The molecule has 0 saturated carbocycles. The molecule has 0 unspecified atom stereocenters. The lowest BCUT2D eigenvalue weighted by Crippen LogP contribution is -2.46. The summed E-state index contributed by atoms with van der Waals surface area (Å²) < 4.78 is 6.62. The predicted octanol–water partition coefficient (Wildman–Crippen LogP) is 2.00. The summed E-state index contributed by atoms with van der Waals surface area (Å²) in [6.45, 7) is 10.3. The molecular formula is C17H23N5O3. The van der Waals surface area contributed by atoms with Gasteiger partial charge in [-0.3, -0.25) is 9.69 Å². The number of fused-ring (bicyclic) bond motifs is 1. The highest BCUT2D eigenvalue weighted by Gasteiger charge is 2.38. The second-order valence-electron chi connectivity index (χ2n) is 7.91. The van der Waals surface area contributed by atoms with Crippen LogP contribution in [0.3, 0.4) is 0 Å². The van der Waals surface area contributed by atoms with Gasteiger partial charge in [0.25, 0.3) is 5.91 Å². The topological polar surface area (TPSA) is 89.3 Å². The van der Waals surface area contributed by atoms with Crippen LogP contribution in [0.4, 0.5) is 4.79 Å². The van der Waals surface area contributed by atoms with Crippen LogP contribution in [-0.2, 0) is 4.74 Å². The number of nitrogens with one attached hydrogen (secondary N) is 1. The summed E-state index contributed by atoms with van der Waals surface area (Å²) >= 11 is 0. The van der Waals surface area contributed by atoms with Crippen LogP contribution in [0.25, 0.3) is 11.0 Å². The van der Waals surface area contributed by atoms with E-state index in [0.717, 1.165) is 0 Å². The average molecular weight is 345 g/mol. The van der Waals surface area contributed by atoms with Crippen molar-refractivity contribution in [1.82, 2.24) is 25.2 Å². The van der Waals surface area contributed by atoms with Crippen molar-refractivity contribution in [2.45, 2.75) is 45.7 Å². The number of ether oxygens (including phenoxy) is 1. The van der Waals surface area contributed by atoms with Crippen molar-refractivity contribution in [2.24, 2.45) is 0 Å². The summed E-state index contributed by atoms with van der Waals surface area (Å²) in [5.74, 6) is -0.209. The van der Waals surface area contributed by atoms with Crippen molar-refractivity contribution < 1.29 is 14.3 Å². The lowest BCUT2D eigenvalue weighted by Gasteiger charge is -2.28. The normalized spacial score (nSPS) is 17.1. The molecule has 1 fully saturated rings. The van der Waals surface area contributed by atoms with Crippen LogP contribution in [0.15, 0.2) is 18.2 Å². The Labute approximate surface area is 146 Å². The first kappa shape index (κ1) is 17.3. The zero-order valence-corrected chi connectivity index (χ0v) is 15.2. The van der Waals surface area contributed by atoms with Crippen molar-refractivity contribution in [3.05, 3.63) is 23.8 Å². The minimum atomic E-state index is -0.420. The molecule has 0 spiro atoms. The fourth-order valence-corrected chi connectivity index (χ4v) is 2.68. The van der Waals surface area contributed by atoms with E-state index in [1.54, 1.807) is 23.1 Å². The summed E-state index contributed by atoms with van der Waals surface area (Å²) in [5, 5.41) is 10.9. The third-order valence-corrected chi connectivity index (χ3v) is 4.01. The highest BCUT2D eigenvalue weighted by molar-refractivity contribution is 5.99. The van der Waals surface area contributed by atoms with Crippen molar-refractivity contribution in [3.63, 3.8) is 0 Å². The monoisotopic (exact) mass is 345 g/mol. The van der Waals surface area contributed by atoms with Crippen LogP contribution in [0.5, 0.6) is 0 Å². The number of rotatable bonds is 1. The zero-order valence-electron chi connectivity index (χ0n) is 15.2. The molecule has 0 atom stereocenters. The summed E-state index contributed by atoms with van der Waals surface area (Å²) in [6.07, 6.45) is 0. The van der Waals surface area contributed by atoms with Gasteiger partial charge in [-0.05, 0) is 52.8 Å². The summed E-state index contributed by atoms with van der Waals surface area (Å²) in [7, 11) is 0. The first-order chi connectivity index (χ1) is 11.6. The van der Waals surface area contributed by atoms with Gasteiger partial charge in [0.05, 0.1) is 12.1 Å². The maximum Gasteiger partial charge on any atom is 0.349 e. The molecule has 134 valence electrons. The van der Waals surface area contributed by atoms with Gasteiger partial charge in [0.15, 0.2) is 0 Å². The predicted molar refractivity (Wildman–Crippen MR) is 92.3 cm³/mol. The van der Waals surface area contributed by atoms with E-state index in [0.29, 0.717) is 23.2 Å². The fraction of sp³-hybridized carbons (Fsp3) is 0.529. The van der Waals surface area contributed by atoms with Gasteiger partial charge >= 0.3 is 6.03 Å². The van der Waals surface area contributed by atoms with Crippen molar-refractivity contribution >= 4 is 23.0 Å². The van der Waals surface area contributed by atoms with E-state index >= 15 is 0 Å². The number of hydrogen-bond acceptors (Lipinski definition) is 5. The largest absolute Gasteiger partial charge is 0.359 e. The molecule has 8 nitrogen and oxygen atoms in total. The van der Waals surface area contributed by atoms with E-state index in [9.17, 15) is 9.59 Å². The SMILES string of the molecule is CC(C)(C)NC(=O)c1ccc2nnn(C(=O)N3COCC3(C)C)c2c1. The van der Waals surface area contributed by atoms with Crippen LogP contribution >= 0.6 is 0 Å². The van der Waals surface area contributed by atoms with Crippen LogP contribution in [-0.4, -0.2) is 56.2 Å². The Morgan fingerprint density at radius 2 is 2.00 bits per heavy atom. The van der Waals surface area contributed by atoms with Crippen molar-refractivity contribution in [1.29, 1.82) is 0 Å². The van der Waals surface area contributed by atoms with Gasteiger partial charge in [0, 0.05) is 11.1 Å². The van der Waals surface area contributed by atoms with Gasteiger partial charge in [-0.25, -0.2) is 4.79 Å². The molecule has 2 amide bonds. The first-order valence-corrected chi connectivity index (χ1v) is 8.16. The van der Waals surface area contributed by atoms with E-state index in [-0.39, 0.29) is 24.2 Å². The molecule has 2 aromatic rings. The van der Waals surface area contributed by atoms with Gasteiger partial charge in [0.2, 0.25) is 0 Å². The Morgan fingerprint density at radius 3 is 2.60 bits per heavy atom. The highest BCUT2D eigenvalue weighted by atomic mass is 16.5. The highest BCUT2D eigenvalue weighted by Crippen LogP contribution is 2.24. The van der Waals surface area contributed by atoms with Crippen LogP contribution in [0, 0.1) is 0 Å². The fourth-order valence-electron chi connectivity index (χ4n) is 2.68. The maximum atomic E-state index is 12.9. The quantitative estimate of drug-likeness (QED) is 0.854. The van der Waals surface area contributed by atoms with Crippen LogP contribution < -0.4 is 5.32 Å². The molecule has 0 aliphatic carbocycles. The van der Waals surface area contributed by atoms with E-state index in [1.165, 1.54) is 4.68 Å². The minimum Gasteiger partial charge on any atom is -0.359 e. The summed E-state index contributed by atoms with van der Waals surface area (Å²) in [4.78, 5) is 26.8. The standard InChI is InChI=1S/C17H23N5O3/c1-16(2,3)18-14(23)11-6-7-12-13(8-11)22(20-19-12)15(24)21-10-25-9-17(21,4)5/h6-8H,9-10H2,1-5H3,(H,18,23). The number of benzene rings is 1. The minimum absolute atomic E-state index is 0.206. The average Bonchev–Trinajstić information content (AvgIpc) is 3.06. The van der Waals surface area contributed by atoms with E-state index < -0.39 is 5.54 Å². The van der Waals surface area contributed by atoms with Crippen LogP contribution in [0.1, 0.15) is 45.0 Å². The Bertz CT molecular complexity index is 834. The van der Waals surface area contributed by atoms with Crippen molar-refractivity contribution in [2.75, 3.05) is 13.3 Å². The Balaban J connectivity index is 1.96. The molecule has 3 rings (SSSR count). The Kier molecular flexibility index (Phi) is 4.03. The van der Waals surface area contributed by atoms with Gasteiger partial charge in [-0.1, -0.05) is 5.21 Å². The third-order valence-electron chi connectivity index (χ3n) is 4.01. The second kappa shape index (κ2) is 5.80.